The Morgan fingerprint density at radius 1 is 1.47 bits per heavy atom. The zero-order chi connectivity index (χ0) is 11.4. The van der Waals surface area contributed by atoms with Crippen LogP contribution in [0.5, 0.6) is 5.88 Å². The summed E-state index contributed by atoms with van der Waals surface area (Å²) >= 11 is 9.29. The quantitative estimate of drug-likeness (QED) is 0.825. The zero-order valence-corrected chi connectivity index (χ0v) is 11.5. The number of hydrogen-bond acceptors (Lipinski definition) is 2. The molecule has 1 aromatic rings. The van der Waals surface area contributed by atoms with Crippen molar-refractivity contribution in [2.24, 2.45) is 5.92 Å². The van der Waals surface area contributed by atoms with Gasteiger partial charge in [0.25, 0.3) is 0 Å². The summed E-state index contributed by atoms with van der Waals surface area (Å²) in [7, 11) is 0. The van der Waals surface area contributed by atoms with Gasteiger partial charge in [-0.25, -0.2) is 4.98 Å². The molecule has 2 nitrogen and oxygen atoms in total. The lowest BCUT2D eigenvalue weighted by Crippen LogP contribution is -2.15. The molecule has 1 aromatic heterocycles. The molecule has 0 aliphatic carbocycles. The molecule has 0 bridgehead atoms. The molecule has 0 radical (unpaired) electrons. The topological polar surface area (TPSA) is 22.1 Å². The molecule has 1 unspecified atom stereocenters. The van der Waals surface area contributed by atoms with Crippen molar-refractivity contribution in [3.05, 3.63) is 21.8 Å². The van der Waals surface area contributed by atoms with Gasteiger partial charge in [0.2, 0.25) is 5.88 Å². The average molecular weight is 293 g/mol. The molecule has 0 N–H and O–H groups in total. The van der Waals surface area contributed by atoms with E-state index >= 15 is 0 Å². The third-order valence-electron chi connectivity index (χ3n) is 1.89. The molecule has 1 rings (SSSR count). The first-order valence-corrected chi connectivity index (χ1v) is 6.14. The van der Waals surface area contributed by atoms with Crippen LogP contribution in [0.2, 0.25) is 5.02 Å². The minimum Gasteiger partial charge on any atom is -0.474 e. The number of halogens is 2. The average Bonchev–Trinajstić information content (AvgIpc) is 2.08. The van der Waals surface area contributed by atoms with Gasteiger partial charge in [0.15, 0.2) is 0 Å². The summed E-state index contributed by atoms with van der Waals surface area (Å²) < 4.78 is 6.50. The fourth-order valence-electron chi connectivity index (χ4n) is 1.39. The van der Waals surface area contributed by atoms with Crippen LogP contribution >= 0.6 is 27.5 Å². The van der Waals surface area contributed by atoms with Crippen molar-refractivity contribution in [2.45, 2.75) is 33.3 Å². The van der Waals surface area contributed by atoms with E-state index < -0.39 is 0 Å². The van der Waals surface area contributed by atoms with Gasteiger partial charge in [-0.1, -0.05) is 25.4 Å². The van der Waals surface area contributed by atoms with Gasteiger partial charge in [0, 0.05) is 10.7 Å². The van der Waals surface area contributed by atoms with Gasteiger partial charge < -0.3 is 4.74 Å². The number of rotatable bonds is 4. The van der Waals surface area contributed by atoms with Crippen LogP contribution in [0.25, 0.3) is 0 Å². The summed E-state index contributed by atoms with van der Waals surface area (Å²) in [4.78, 5) is 4.12. The maximum absolute atomic E-state index is 5.99. The van der Waals surface area contributed by atoms with Crippen LogP contribution in [0.15, 0.2) is 16.7 Å². The van der Waals surface area contributed by atoms with Gasteiger partial charge in [-0.15, -0.1) is 0 Å². The van der Waals surface area contributed by atoms with E-state index in [0.29, 0.717) is 16.8 Å². The maximum Gasteiger partial charge on any atom is 0.232 e. The van der Waals surface area contributed by atoms with E-state index in [4.69, 9.17) is 16.3 Å². The number of pyridine rings is 1. The fourth-order valence-corrected chi connectivity index (χ4v) is 2.07. The Morgan fingerprint density at radius 2 is 2.13 bits per heavy atom. The highest BCUT2D eigenvalue weighted by atomic mass is 79.9. The van der Waals surface area contributed by atoms with Crippen molar-refractivity contribution in [1.29, 1.82) is 0 Å². The second-order valence-corrected chi connectivity index (χ2v) is 5.32. The van der Waals surface area contributed by atoms with E-state index in [1.807, 2.05) is 6.92 Å². The Labute approximate surface area is 104 Å². The maximum atomic E-state index is 5.99. The molecule has 0 spiro atoms. The number of nitrogens with zero attached hydrogens (tertiary/aromatic N) is 1. The zero-order valence-electron chi connectivity index (χ0n) is 9.13. The molecule has 0 fully saturated rings. The van der Waals surface area contributed by atoms with Crippen LogP contribution < -0.4 is 4.74 Å². The van der Waals surface area contributed by atoms with Crippen molar-refractivity contribution in [2.75, 3.05) is 0 Å². The SMILES string of the molecule is CC(C)CC(C)Oc1ncc(Br)cc1Cl. The molecule has 0 aliphatic heterocycles. The first-order valence-electron chi connectivity index (χ1n) is 4.96. The van der Waals surface area contributed by atoms with Crippen LogP contribution in [-0.2, 0) is 0 Å². The third-order valence-corrected chi connectivity index (χ3v) is 2.59. The molecule has 1 heterocycles. The normalized spacial score (nSPS) is 12.9. The highest BCUT2D eigenvalue weighted by Gasteiger charge is 2.10. The molecular weight excluding hydrogens is 277 g/mol. The first kappa shape index (κ1) is 12.8. The highest BCUT2D eigenvalue weighted by molar-refractivity contribution is 9.10. The Hall–Kier alpha value is -0.280. The lowest BCUT2D eigenvalue weighted by atomic mass is 10.1. The summed E-state index contributed by atoms with van der Waals surface area (Å²) in [6, 6.07) is 1.78. The van der Waals surface area contributed by atoms with Gasteiger partial charge in [0.05, 0.1) is 6.10 Å². The predicted octanol–water partition coefficient (Wildman–Crippen LogP) is 4.31. The summed E-state index contributed by atoms with van der Waals surface area (Å²) in [5, 5.41) is 0.542. The lowest BCUT2D eigenvalue weighted by Gasteiger charge is -2.16. The first-order chi connectivity index (χ1) is 6.99. The van der Waals surface area contributed by atoms with Crippen molar-refractivity contribution in [1.82, 2.24) is 4.98 Å². The van der Waals surface area contributed by atoms with E-state index in [2.05, 4.69) is 34.8 Å². The molecular formula is C11H15BrClNO. The van der Waals surface area contributed by atoms with E-state index in [0.717, 1.165) is 10.9 Å². The van der Waals surface area contributed by atoms with Gasteiger partial charge in [0.1, 0.15) is 5.02 Å². The van der Waals surface area contributed by atoms with E-state index in [9.17, 15) is 0 Å². The Bertz CT molecular complexity index is 330. The van der Waals surface area contributed by atoms with Gasteiger partial charge >= 0.3 is 0 Å². The second-order valence-electron chi connectivity index (χ2n) is 4.00. The molecule has 0 amide bonds. The van der Waals surface area contributed by atoms with Crippen LogP contribution in [0.4, 0.5) is 0 Å². The van der Waals surface area contributed by atoms with Gasteiger partial charge in [-0.2, -0.15) is 0 Å². The number of hydrogen-bond donors (Lipinski definition) is 0. The molecule has 15 heavy (non-hydrogen) atoms. The van der Waals surface area contributed by atoms with Gasteiger partial charge in [-0.3, -0.25) is 0 Å². The molecule has 1 atom stereocenters. The Kier molecular flexibility index (Phi) is 4.87. The molecule has 0 saturated heterocycles. The summed E-state index contributed by atoms with van der Waals surface area (Å²) in [5.74, 6) is 1.11. The summed E-state index contributed by atoms with van der Waals surface area (Å²) in [5.41, 5.74) is 0. The largest absolute Gasteiger partial charge is 0.474 e. The van der Waals surface area contributed by atoms with Crippen LogP contribution in [-0.4, -0.2) is 11.1 Å². The van der Waals surface area contributed by atoms with Crippen LogP contribution in [0, 0.1) is 5.92 Å². The third kappa shape index (κ3) is 4.39. The smallest absolute Gasteiger partial charge is 0.232 e. The molecule has 0 aliphatic rings. The van der Waals surface area contributed by atoms with E-state index in [1.54, 1.807) is 12.3 Å². The molecule has 84 valence electrons. The van der Waals surface area contributed by atoms with Gasteiger partial charge in [-0.05, 0) is 41.3 Å². The Balaban J connectivity index is 2.64. The predicted molar refractivity (Wildman–Crippen MR) is 66.5 cm³/mol. The minimum atomic E-state index is 0.135. The molecule has 4 heteroatoms. The number of ether oxygens (including phenoxy) is 1. The fraction of sp³-hybridized carbons (Fsp3) is 0.545. The molecule has 0 saturated carbocycles. The Morgan fingerprint density at radius 3 is 2.67 bits per heavy atom. The minimum absolute atomic E-state index is 0.135. The van der Waals surface area contributed by atoms with Crippen LogP contribution in [0.3, 0.4) is 0 Å². The summed E-state index contributed by atoms with van der Waals surface area (Å²) in [6.45, 7) is 6.35. The monoisotopic (exact) mass is 291 g/mol. The highest BCUT2D eigenvalue weighted by Crippen LogP contribution is 2.26. The van der Waals surface area contributed by atoms with Crippen molar-refractivity contribution < 1.29 is 4.74 Å². The van der Waals surface area contributed by atoms with Crippen molar-refractivity contribution >= 4 is 27.5 Å². The van der Waals surface area contributed by atoms with Crippen LogP contribution in [0.1, 0.15) is 27.2 Å². The lowest BCUT2D eigenvalue weighted by molar-refractivity contribution is 0.186. The van der Waals surface area contributed by atoms with E-state index in [1.165, 1.54) is 0 Å². The van der Waals surface area contributed by atoms with E-state index in [-0.39, 0.29) is 6.10 Å². The van der Waals surface area contributed by atoms with Crippen molar-refractivity contribution in [3.63, 3.8) is 0 Å². The second kappa shape index (κ2) is 5.71. The van der Waals surface area contributed by atoms with Crippen molar-refractivity contribution in [3.8, 4) is 5.88 Å². The number of aromatic nitrogens is 1. The standard InChI is InChI=1S/C11H15BrClNO/c1-7(2)4-8(3)15-11-10(13)5-9(12)6-14-11/h5-8H,4H2,1-3H3. The summed E-state index contributed by atoms with van der Waals surface area (Å²) in [6.07, 6.45) is 2.81. The molecule has 0 aromatic carbocycles.